The van der Waals surface area contributed by atoms with Crippen molar-refractivity contribution in [3.63, 3.8) is 0 Å². The first-order valence-electron chi connectivity index (χ1n) is 10.8. The minimum Gasteiger partial charge on any atom is -0.497 e. The van der Waals surface area contributed by atoms with E-state index >= 15 is 0 Å². The molecule has 4 aromatic rings. The van der Waals surface area contributed by atoms with Crippen LogP contribution in [0, 0.1) is 18.3 Å². The molecule has 0 aliphatic heterocycles. The number of nitrogens with zero attached hydrogens (tertiary/aromatic N) is 3. The van der Waals surface area contributed by atoms with Crippen LogP contribution in [0.3, 0.4) is 0 Å². The maximum Gasteiger partial charge on any atom is 0.269 e. The maximum atomic E-state index is 13.5. The molecule has 2 aromatic heterocycles. The number of aryl methyl sites for hydroxylation is 1. The molecule has 0 spiro atoms. The first-order valence-corrected chi connectivity index (χ1v) is 10.8. The zero-order valence-corrected chi connectivity index (χ0v) is 19.8. The molecule has 0 atom stereocenters. The van der Waals surface area contributed by atoms with E-state index in [-0.39, 0.29) is 17.0 Å². The molecule has 180 valence electrons. The molecular formula is C27H22N4O5. The van der Waals surface area contributed by atoms with Gasteiger partial charge in [-0.25, -0.2) is 0 Å². The van der Waals surface area contributed by atoms with Gasteiger partial charge in [-0.1, -0.05) is 24.3 Å². The van der Waals surface area contributed by atoms with Crippen LogP contribution in [0.2, 0.25) is 0 Å². The fraction of sp³-hybridized carbons (Fsp3) is 0.111. The lowest BCUT2D eigenvalue weighted by Crippen LogP contribution is -2.20. The van der Waals surface area contributed by atoms with E-state index in [0.29, 0.717) is 28.6 Å². The average molecular weight is 482 g/mol. The Bertz CT molecular complexity index is 1580. The lowest BCUT2D eigenvalue weighted by atomic mass is 10.1. The van der Waals surface area contributed by atoms with Crippen molar-refractivity contribution in [2.45, 2.75) is 6.92 Å². The van der Waals surface area contributed by atoms with Crippen LogP contribution >= 0.6 is 0 Å². The van der Waals surface area contributed by atoms with Gasteiger partial charge in [0.15, 0.2) is 11.5 Å². The van der Waals surface area contributed by atoms with Gasteiger partial charge in [0.05, 0.1) is 14.2 Å². The summed E-state index contributed by atoms with van der Waals surface area (Å²) in [6.07, 6.45) is 2.73. The Hall–Kier alpha value is -5.10. The number of carbonyl (C=O) groups excluding carboxylic acids is 1. The molecule has 36 heavy (non-hydrogen) atoms. The van der Waals surface area contributed by atoms with Crippen LogP contribution in [0.1, 0.15) is 11.1 Å². The highest BCUT2D eigenvalue weighted by atomic mass is 16.5. The van der Waals surface area contributed by atoms with Gasteiger partial charge in [-0.05, 0) is 48.9 Å². The van der Waals surface area contributed by atoms with Gasteiger partial charge in [0, 0.05) is 18.0 Å². The lowest BCUT2D eigenvalue weighted by Gasteiger charge is -2.13. The Kier molecular flexibility index (Phi) is 6.97. The minimum absolute atomic E-state index is 0.0682. The number of hydrogen-bond acceptors (Lipinski definition) is 7. The second-order valence-electron chi connectivity index (χ2n) is 7.63. The summed E-state index contributed by atoms with van der Waals surface area (Å²) in [6.45, 7) is 1.81. The van der Waals surface area contributed by atoms with E-state index in [1.165, 1.54) is 24.7 Å². The minimum atomic E-state index is -0.706. The Labute approximate surface area is 206 Å². The molecule has 1 amide bonds. The second-order valence-corrected chi connectivity index (χ2v) is 7.63. The summed E-state index contributed by atoms with van der Waals surface area (Å²) < 4.78 is 17.8. The van der Waals surface area contributed by atoms with Gasteiger partial charge in [-0.2, -0.15) is 10.2 Å². The predicted molar refractivity (Wildman–Crippen MR) is 134 cm³/mol. The van der Waals surface area contributed by atoms with Crippen LogP contribution < -0.4 is 25.1 Å². The van der Waals surface area contributed by atoms with Crippen molar-refractivity contribution in [1.29, 1.82) is 5.26 Å². The van der Waals surface area contributed by atoms with Crippen LogP contribution in [0.5, 0.6) is 23.1 Å². The van der Waals surface area contributed by atoms with Gasteiger partial charge >= 0.3 is 0 Å². The molecule has 0 saturated carbocycles. The van der Waals surface area contributed by atoms with Crippen LogP contribution in [0.4, 0.5) is 5.69 Å². The molecule has 2 aromatic carbocycles. The van der Waals surface area contributed by atoms with Gasteiger partial charge in [-0.3, -0.25) is 14.0 Å². The topological polar surface area (TPSA) is 115 Å². The third-order valence-corrected chi connectivity index (χ3v) is 5.31. The summed E-state index contributed by atoms with van der Waals surface area (Å²) in [5.74, 6) is 0.507. The molecule has 2 heterocycles. The Balaban J connectivity index is 1.83. The van der Waals surface area contributed by atoms with Gasteiger partial charge in [0.2, 0.25) is 5.88 Å². The van der Waals surface area contributed by atoms with E-state index in [4.69, 9.17) is 14.2 Å². The van der Waals surface area contributed by atoms with Gasteiger partial charge in [-0.15, -0.1) is 0 Å². The van der Waals surface area contributed by atoms with E-state index in [1.807, 2.05) is 19.1 Å². The Morgan fingerprint density at radius 1 is 1.06 bits per heavy atom. The lowest BCUT2D eigenvalue weighted by molar-refractivity contribution is -0.112. The number of nitriles is 1. The molecule has 0 fully saturated rings. The van der Waals surface area contributed by atoms with E-state index < -0.39 is 11.5 Å². The van der Waals surface area contributed by atoms with Gasteiger partial charge in [0.25, 0.3) is 11.5 Å². The summed E-state index contributed by atoms with van der Waals surface area (Å²) in [4.78, 5) is 30.9. The summed E-state index contributed by atoms with van der Waals surface area (Å²) in [5, 5.41) is 12.4. The number of fused-ring (bicyclic) bond motifs is 1. The van der Waals surface area contributed by atoms with Crippen LogP contribution in [0.25, 0.3) is 11.7 Å². The molecule has 0 radical (unpaired) electrons. The van der Waals surface area contributed by atoms with E-state index in [0.717, 1.165) is 5.56 Å². The fourth-order valence-corrected chi connectivity index (χ4v) is 3.49. The monoisotopic (exact) mass is 482 g/mol. The number of rotatable bonds is 7. The zero-order chi connectivity index (χ0) is 25.7. The first kappa shape index (κ1) is 24.0. The number of pyridine rings is 1. The summed E-state index contributed by atoms with van der Waals surface area (Å²) in [7, 11) is 3.00. The highest BCUT2D eigenvalue weighted by molar-refractivity contribution is 6.09. The van der Waals surface area contributed by atoms with E-state index in [1.54, 1.807) is 60.8 Å². The van der Waals surface area contributed by atoms with Crippen LogP contribution in [-0.4, -0.2) is 29.5 Å². The number of amides is 1. The first-order chi connectivity index (χ1) is 17.4. The van der Waals surface area contributed by atoms with Crippen molar-refractivity contribution in [3.8, 4) is 29.2 Å². The molecule has 0 bridgehead atoms. The van der Waals surface area contributed by atoms with Crippen molar-refractivity contribution in [1.82, 2.24) is 9.38 Å². The van der Waals surface area contributed by atoms with Crippen molar-refractivity contribution in [2.24, 2.45) is 0 Å². The number of nitrogens with one attached hydrogen (secondary N) is 1. The van der Waals surface area contributed by atoms with Crippen molar-refractivity contribution < 1.29 is 19.0 Å². The standard InChI is InChI=1S/C27H22N4O5/c1-17-8-7-13-31-24(17)30-26(36-23-12-5-4-11-22(23)35-3)21(27(31)33)14-18(16-28)25(32)29-19-9-6-10-20(15-19)34-2/h4-15H,1-3H3,(H,29,32)/b18-14-. The number of aromatic nitrogens is 2. The van der Waals surface area contributed by atoms with Gasteiger partial charge < -0.3 is 19.5 Å². The predicted octanol–water partition coefficient (Wildman–Crippen LogP) is 4.36. The van der Waals surface area contributed by atoms with Gasteiger partial charge in [0.1, 0.15) is 28.6 Å². The highest BCUT2D eigenvalue weighted by Crippen LogP contribution is 2.32. The molecule has 1 N–H and O–H groups in total. The zero-order valence-electron chi connectivity index (χ0n) is 19.8. The Morgan fingerprint density at radius 2 is 1.83 bits per heavy atom. The van der Waals surface area contributed by atoms with E-state index in [2.05, 4.69) is 10.3 Å². The summed E-state index contributed by atoms with van der Waals surface area (Å²) in [5.41, 5.74) is 0.663. The molecule has 0 aliphatic rings. The SMILES string of the molecule is COc1cccc(NC(=O)/C(C#N)=C\c2c(Oc3ccccc3OC)nc3c(C)cccn3c2=O)c1. The molecule has 9 nitrogen and oxygen atoms in total. The van der Waals surface area contributed by atoms with E-state index in [9.17, 15) is 14.9 Å². The molecule has 9 heteroatoms. The number of ether oxygens (including phenoxy) is 3. The molecule has 0 unspecified atom stereocenters. The molecule has 0 saturated heterocycles. The normalized spacial score (nSPS) is 11.0. The number of methoxy groups -OCH3 is 2. The Morgan fingerprint density at radius 3 is 2.56 bits per heavy atom. The summed E-state index contributed by atoms with van der Waals surface area (Å²) >= 11 is 0. The smallest absolute Gasteiger partial charge is 0.269 e. The quantitative estimate of drug-likeness (QED) is 0.307. The molecule has 0 aliphatic carbocycles. The van der Waals surface area contributed by atoms with Crippen molar-refractivity contribution in [2.75, 3.05) is 19.5 Å². The molecular weight excluding hydrogens is 460 g/mol. The number of hydrogen-bond donors (Lipinski definition) is 1. The number of anilines is 1. The van der Waals surface area contributed by atoms with Crippen LogP contribution in [-0.2, 0) is 4.79 Å². The van der Waals surface area contributed by atoms with Crippen LogP contribution in [0.15, 0.2) is 77.2 Å². The number of carbonyl (C=O) groups is 1. The maximum absolute atomic E-state index is 13.5. The largest absolute Gasteiger partial charge is 0.497 e. The summed E-state index contributed by atoms with van der Waals surface area (Å²) in [6, 6.07) is 18.9. The number of benzene rings is 2. The number of para-hydroxylation sites is 2. The third kappa shape index (κ3) is 4.88. The highest BCUT2D eigenvalue weighted by Gasteiger charge is 2.19. The van der Waals surface area contributed by atoms with Crippen molar-refractivity contribution in [3.05, 3.63) is 93.9 Å². The molecule has 4 rings (SSSR count). The van der Waals surface area contributed by atoms with Crippen molar-refractivity contribution >= 4 is 23.3 Å². The fourth-order valence-electron chi connectivity index (χ4n) is 3.49. The third-order valence-electron chi connectivity index (χ3n) is 5.31. The second kappa shape index (κ2) is 10.4. The average Bonchev–Trinajstić information content (AvgIpc) is 2.89.